The van der Waals surface area contributed by atoms with Crippen LogP contribution in [0.15, 0.2) is 94.1 Å². The number of fused-ring (bicyclic) bond motifs is 2. The Balaban J connectivity index is 1.22. The lowest BCUT2D eigenvalue weighted by Gasteiger charge is -2.38. The summed E-state index contributed by atoms with van der Waals surface area (Å²) in [5.74, 6) is 1.56. The summed E-state index contributed by atoms with van der Waals surface area (Å²) < 4.78 is 23.4. The number of rotatable bonds is 6. The molecule has 5 atom stereocenters. The minimum Gasteiger partial charge on any atom is -0.489 e. The van der Waals surface area contributed by atoms with Crippen molar-refractivity contribution in [1.29, 1.82) is 0 Å². The Bertz CT molecular complexity index is 1710. The molecule has 6 rings (SSSR count). The van der Waals surface area contributed by atoms with Crippen LogP contribution in [-0.4, -0.2) is 46.0 Å². The van der Waals surface area contributed by atoms with Crippen LogP contribution < -0.4 is 14.9 Å². The molecule has 0 aromatic heterocycles. The molecule has 1 aliphatic carbocycles. The Kier molecular flexibility index (Phi) is 7.23. The van der Waals surface area contributed by atoms with Gasteiger partial charge in [-0.05, 0) is 66.9 Å². The molecular weight excluding hydrogens is 524 g/mol. The molecule has 0 bridgehead atoms. The summed E-state index contributed by atoms with van der Waals surface area (Å²) in [6, 6.07) is 25.8. The smallest absolute Gasteiger partial charge is 0.229 e. The third kappa shape index (κ3) is 5.30. The molecule has 8 nitrogen and oxygen atoms in total. The minimum absolute atomic E-state index is 0.121. The lowest BCUT2D eigenvalue weighted by atomic mass is 9.91. The van der Waals surface area contributed by atoms with E-state index in [2.05, 4.69) is 19.1 Å². The number of aliphatic hydroxyl groups is 3. The van der Waals surface area contributed by atoms with Crippen LogP contribution in [0.1, 0.15) is 18.1 Å². The van der Waals surface area contributed by atoms with Crippen LogP contribution in [0.25, 0.3) is 33.4 Å². The highest BCUT2D eigenvalue weighted by Crippen LogP contribution is 2.41. The van der Waals surface area contributed by atoms with Crippen LogP contribution in [0.3, 0.4) is 0 Å². The van der Waals surface area contributed by atoms with E-state index in [1.807, 2.05) is 48.5 Å². The molecule has 210 valence electrons. The standard InChI is InChI=1S/C33H30O8/c1-18-5-3-4-6-24(18)29-25-13-9-21(34)15-27(25)41-28-16-23(12-14-26(28)29)38-17-20-7-10-22(11-8-20)40-33-32(37)31(36)30(35)19(2)39-33/h3-16,19,30-33,35-37H,17H2,1-2H3/t19-,30+,31+,32-,33+/m1/s1. The second-order valence-electron chi connectivity index (χ2n) is 10.3. The van der Waals surface area contributed by atoms with E-state index >= 15 is 0 Å². The zero-order valence-electron chi connectivity index (χ0n) is 22.6. The van der Waals surface area contributed by atoms with Crippen LogP contribution in [0.2, 0.25) is 0 Å². The van der Waals surface area contributed by atoms with E-state index in [4.69, 9.17) is 18.6 Å². The summed E-state index contributed by atoms with van der Waals surface area (Å²) >= 11 is 0. The number of aryl methyl sites for hydroxylation is 1. The minimum atomic E-state index is -1.38. The maximum absolute atomic E-state index is 12.1. The van der Waals surface area contributed by atoms with Gasteiger partial charge in [-0.3, -0.25) is 4.79 Å². The Morgan fingerprint density at radius 1 is 0.805 bits per heavy atom. The van der Waals surface area contributed by atoms with Gasteiger partial charge in [-0.25, -0.2) is 0 Å². The number of aliphatic hydroxyl groups excluding tert-OH is 3. The van der Waals surface area contributed by atoms with Gasteiger partial charge >= 0.3 is 0 Å². The van der Waals surface area contributed by atoms with Gasteiger partial charge in [0.15, 0.2) is 5.43 Å². The van der Waals surface area contributed by atoms with Crippen molar-refractivity contribution in [3.63, 3.8) is 0 Å². The molecule has 1 fully saturated rings. The molecule has 0 unspecified atom stereocenters. The second-order valence-corrected chi connectivity index (χ2v) is 10.3. The normalized spacial score (nSPS) is 22.6. The average molecular weight is 555 g/mol. The van der Waals surface area contributed by atoms with Gasteiger partial charge in [-0.2, -0.15) is 0 Å². The van der Waals surface area contributed by atoms with Crippen molar-refractivity contribution >= 4 is 11.0 Å². The topological polar surface area (TPSA) is 119 Å². The number of benzene rings is 4. The lowest BCUT2D eigenvalue weighted by molar-refractivity contribution is -0.268. The summed E-state index contributed by atoms with van der Waals surface area (Å²) in [4.78, 5) is 12.1. The zero-order chi connectivity index (χ0) is 28.7. The maximum Gasteiger partial charge on any atom is 0.229 e. The molecule has 8 heteroatoms. The Labute approximate surface area is 236 Å². The predicted octanol–water partition coefficient (Wildman–Crippen LogP) is 4.66. The number of ether oxygens (including phenoxy) is 3. The first-order valence-electron chi connectivity index (χ1n) is 13.4. The molecule has 3 aliphatic rings. The first-order chi connectivity index (χ1) is 19.8. The van der Waals surface area contributed by atoms with Crippen LogP contribution in [0.4, 0.5) is 0 Å². The molecule has 0 spiro atoms. The fourth-order valence-corrected chi connectivity index (χ4v) is 5.16. The SMILES string of the molecule is Cc1ccccc1-c1c2ccc(=O)cc-2oc2cc(OCc3ccc(O[C@@H]4O[C@H](C)[C@H](O)[C@H](O)[C@H]4O)cc3)ccc12. The molecule has 2 aliphatic heterocycles. The van der Waals surface area contributed by atoms with Crippen molar-refractivity contribution in [1.82, 2.24) is 0 Å². The Hall–Kier alpha value is -4.21. The third-order valence-corrected chi connectivity index (χ3v) is 7.47. The van der Waals surface area contributed by atoms with E-state index < -0.39 is 30.7 Å². The van der Waals surface area contributed by atoms with Crippen molar-refractivity contribution < 1.29 is 33.9 Å². The van der Waals surface area contributed by atoms with Gasteiger partial charge in [0.25, 0.3) is 0 Å². The molecular formula is C33H30O8. The largest absolute Gasteiger partial charge is 0.489 e. The van der Waals surface area contributed by atoms with Crippen molar-refractivity contribution in [3.05, 3.63) is 106 Å². The van der Waals surface area contributed by atoms with E-state index in [0.29, 0.717) is 22.8 Å². The molecule has 2 heterocycles. The first-order valence-corrected chi connectivity index (χ1v) is 13.4. The van der Waals surface area contributed by atoms with E-state index in [1.165, 1.54) is 6.07 Å². The lowest BCUT2D eigenvalue weighted by Crippen LogP contribution is -2.58. The van der Waals surface area contributed by atoms with Crippen LogP contribution >= 0.6 is 0 Å². The van der Waals surface area contributed by atoms with E-state index in [9.17, 15) is 20.1 Å². The van der Waals surface area contributed by atoms with E-state index in [-0.39, 0.29) is 12.0 Å². The third-order valence-electron chi connectivity index (χ3n) is 7.47. The van der Waals surface area contributed by atoms with Crippen molar-refractivity contribution in [3.8, 4) is 33.9 Å². The molecule has 3 aromatic rings. The quantitative estimate of drug-likeness (QED) is 0.260. The summed E-state index contributed by atoms with van der Waals surface area (Å²) in [5.41, 5.74) is 5.42. The number of hydrogen-bond acceptors (Lipinski definition) is 8. The summed E-state index contributed by atoms with van der Waals surface area (Å²) in [7, 11) is 0. The van der Waals surface area contributed by atoms with Crippen LogP contribution in [-0.2, 0) is 11.3 Å². The molecule has 0 amide bonds. The highest BCUT2D eigenvalue weighted by molar-refractivity contribution is 6.02. The van der Waals surface area contributed by atoms with E-state index in [0.717, 1.165) is 33.2 Å². The first kappa shape index (κ1) is 27.0. The molecule has 3 aromatic carbocycles. The summed E-state index contributed by atoms with van der Waals surface area (Å²) in [6.07, 6.45) is -5.73. The fourth-order valence-electron chi connectivity index (χ4n) is 5.16. The van der Waals surface area contributed by atoms with Crippen LogP contribution in [0.5, 0.6) is 11.5 Å². The van der Waals surface area contributed by atoms with Gasteiger partial charge in [-0.1, -0.05) is 36.4 Å². The Morgan fingerprint density at radius 2 is 1.56 bits per heavy atom. The van der Waals surface area contributed by atoms with Crippen molar-refractivity contribution in [2.75, 3.05) is 0 Å². The average Bonchev–Trinajstić information content (AvgIpc) is 2.97. The summed E-state index contributed by atoms with van der Waals surface area (Å²) in [6.45, 7) is 3.94. The van der Waals surface area contributed by atoms with Crippen molar-refractivity contribution in [2.45, 2.75) is 51.2 Å². The summed E-state index contributed by atoms with van der Waals surface area (Å²) in [5, 5.41) is 31.0. The number of hydrogen-bond donors (Lipinski definition) is 3. The van der Waals surface area contributed by atoms with Crippen molar-refractivity contribution in [2.24, 2.45) is 0 Å². The van der Waals surface area contributed by atoms with Gasteiger partial charge in [-0.15, -0.1) is 0 Å². The molecule has 1 saturated heterocycles. The Morgan fingerprint density at radius 3 is 2.34 bits per heavy atom. The predicted molar refractivity (Wildman–Crippen MR) is 153 cm³/mol. The van der Waals surface area contributed by atoms with E-state index in [1.54, 1.807) is 25.1 Å². The van der Waals surface area contributed by atoms with Gasteiger partial charge in [0.1, 0.15) is 47.8 Å². The van der Waals surface area contributed by atoms with Gasteiger partial charge < -0.3 is 33.9 Å². The van der Waals surface area contributed by atoms with Crippen LogP contribution in [0, 0.1) is 6.92 Å². The molecule has 0 radical (unpaired) electrons. The fraction of sp³-hybridized carbons (Fsp3) is 0.242. The highest BCUT2D eigenvalue weighted by Gasteiger charge is 2.43. The van der Waals surface area contributed by atoms with Gasteiger partial charge in [0, 0.05) is 28.6 Å². The monoisotopic (exact) mass is 554 g/mol. The molecule has 0 saturated carbocycles. The van der Waals surface area contributed by atoms with Gasteiger partial charge in [0.2, 0.25) is 6.29 Å². The molecule has 3 N–H and O–H groups in total. The molecule has 41 heavy (non-hydrogen) atoms. The highest BCUT2D eigenvalue weighted by atomic mass is 16.7. The second kappa shape index (κ2) is 11.0. The zero-order valence-corrected chi connectivity index (χ0v) is 22.6. The maximum atomic E-state index is 12.1. The van der Waals surface area contributed by atoms with Gasteiger partial charge in [0.05, 0.1) is 6.10 Å².